The molecule has 240 valence electrons. The number of hydrogen-bond donors (Lipinski definition) is 1. The SMILES string of the molecule is COCCOCCOCCOCCOCCOCCOCCOc1ccc(F)c(F)c1C(=O)c1c(C)cccc1C(=O)O. The minimum absolute atomic E-state index is 0.0682. The number of halogens is 2. The van der Waals surface area contributed by atoms with Crippen molar-refractivity contribution in [3.63, 3.8) is 0 Å². The number of aromatic carboxylic acids is 1. The molecule has 2 aromatic carbocycles. The van der Waals surface area contributed by atoms with Crippen molar-refractivity contribution >= 4 is 11.8 Å². The fourth-order valence-electron chi connectivity index (χ4n) is 3.69. The molecule has 0 aliphatic carbocycles. The fourth-order valence-corrected chi connectivity index (χ4v) is 3.69. The molecule has 0 fully saturated rings. The molecule has 0 saturated heterocycles. The van der Waals surface area contributed by atoms with Crippen LogP contribution in [0, 0.1) is 18.6 Å². The number of methoxy groups -OCH3 is 1. The number of rotatable bonds is 25. The van der Waals surface area contributed by atoms with Crippen molar-refractivity contribution < 1.29 is 61.4 Å². The fraction of sp³-hybridized carbons (Fsp3) is 0.533. The smallest absolute Gasteiger partial charge is 0.336 e. The van der Waals surface area contributed by atoms with E-state index >= 15 is 0 Å². The molecule has 0 heterocycles. The second kappa shape index (κ2) is 21.6. The van der Waals surface area contributed by atoms with Crippen molar-refractivity contribution in [2.45, 2.75) is 6.92 Å². The molecule has 43 heavy (non-hydrogen) atoms. The normalized spacial score (nSPS) is 11.2. The highest BCUT2D eigenvalue weighted by Gasteiger charge is 2.27. The van der Waals surface area contributed by atoms with Gasteiger partial charge in [0.1, 0.15) is 17.9 Å². The largest absolute Gasteiger partial charge is 0.490 e. The predicted molar refractivity (Wildman–Crippen MR) is 150 cm³/mol. The van der Waals surface area contributed by atoms with E-state index in [1.54, 1.807) is 7.11 Å². The van der Waals surface area contributed by atoms with Crippen molar-refractivity contribution in [1.29, 1.82) is 0 Å². The average Bonchev–Trinajstić information content (AvgIpc) is 2.99. The predicted octanol–water partition coefficient (Wildman–Crippen LogP) is 3.33. The van der Waals surface area contributed by atoms with Crippen LogP contribution < -0.4 is 4.74 Å². The zero-order valence-electron chi connectivity index (χ0n) is 24.6. The second-order valence-corrected chi connectivity index (χ2v) is 8.88. The Labute approximate surface area is 249 Å². The lowest BCUT2D eigenvalue weighted by atomic mass is 9.93. The van der Waals surface area contributed by atoms with Crippen molar-refractivity contribution in [1.82, 2.24) is 0 Å². The Balaban J connectivity index is 1.58. The molecule has 0 amide bonds. The minimum Gasteiger partial charge on any atom is -0.490 e. The number of carbonyl (C=O) groups is 2. The topological polar surface area (TPSA) is 128 Å². The maximum atomic E-state index is 14.7. The van der Waals surface area contributed by atoms with E-state index in [1.807, 2.05) is 0 Å². The van der Waals surface area contributed by atoms with Crippen LogP contribution in [0.2, 0.25) is 0 Å². The molecule has 0 bridgehead atoms. The number of carboxylic acids is 1. The van der Waals surface area contributed by atoms with E-state index in [0.29, 0.717) is 78.2 Å². The van der Waals surface area contributed by atoms with Gasteiger partial charge in [0.25, 0.3) is 0 Å². The second-order valence-electron chi connectivity index (χ2n) is 8.88. The van der Waals surface area contributed by atoms with Crippen LogP contribution in [-0.4, -0.2) is 116 Å². The highest BCUT2D eigenvalue weighted by Crippen LogP contribution is 2.29. The highest BCUT2D eigenvalue weighted by molar-refractivity contribution is 6.16. The summed E-state index contributed by atoms with van der Waals surface area (Å²) in [5.41, 5.74) is -0.938. The van der Waals surface area contributed by atoms with Gasteiger partial charge in [-0.05, 0) is 30.7 Å². The van der Waals surface area contributed by atoms with Crippen molar-refractivity contribution in [3.8, 4) is 5.75 Å². The van der Waals surface area contributed by atoms with E-state index < -0.39 is 29.0 Å². The number of ketones is 1. The number of ether oxygens (including phenoxy) is 8. The summed E-state index contributed by atoms with van der Waals surface area (Å²) in [7, 11) is 1.62. The van der Waals surface area contributed by atoms with Crippen LogP contribution in [0.25, 0.3) is 0 Å². The average molecular weight is 615 g/mol. The minimum atomic E-state index is -1.42. The van der Waals surface area contributed by atoms with Gasteiger partial charge in [-0.1, -0.05) is 12.1 Å². The molecule has 0 aliphatic rings. The molecule has 0 radical (unpaired) electrons. The van der Waals surface area contributed by atoms with Crippen molar-refractivity contribution in [2.24, 2.45) is 0 Å². The van der Waals surface area contributed by atoms with Gasteiger partial charge >= 0.3 is 5.97 Å². The Morgan fingerprint density at radius 2 is 1.12 bits per heavy atom. The van der Waals surface area contributed by atoms with Crippen LogP contribution in [-0.2, 0) is 33.2 Å². The van der Waals surface area contributed by atoms with Gasteiger partial charge < -0.3 is 43.0 Å². The standard InChI is InChI=1S/C30H40F2O11/c1-22-4-3-5-23(30(34)35)26(22)29(33)27-25(7-6-24(31)28(27)32)43-21-20-42-19-18-41-17-16-40-15-14-39-13-12-38-11-10-37-9-8-36-2/h3-7H,8-21H2,1-2H3,(H,34,35). The molecule has 2 rings (SSSR count). The summed E-state index contributed by atoms with van der Waals surface area (Å²) in [6.07, 6.45) is 0. The summed E-state index contributed by atoms with van der Waals surface area (Å²) in [5, 5.41) is 9.47. The van der Waals surface area contributed by atoms with Gasteiger partial charge in [-0.25, -0.2) is 13.6 Å². The quantitative estimate of drug-likeness (QED) is 0.131. The van der Waals surface area contributed by atoms with E-state index in [4.69, 9.17) is 37.9 Å². The van der Waals surface area contributed by atoms with E-state index in [9.17, 15) is 23.5 Å². The molecular weight excluding hydrogens is 574 g/mol. The first-order valence-electron chi connectivity index (χ1n) is 13.8. The molecule has 11 nitrogen and oxygen atoms in total. The summed E-state index contributed by atoms with van der Waals surface area (Å²) >= 11 is 0. The molecule has 0 saturated carbocycles. The van der Waals surface area contributed by atoms with Crippen LogP contribution in [0.15, 0.2) is 30.3 Å². The van der Waals surface area contributed by atoms with Crippen LogP contribution in [0.5, 0.6) is 5.75 Å². The van der Waals surface area contributed by atoms with Crippen molar-refractivity contribution in [2.75, 3.05) is 99.6 Å². The molecule has 2 aromatic rings. The molecule has 0 aliphatic heterocycles. The number of carboxylic acid groups (broad SMARTS) is 1. The molecule has 0 aromatic heterocycles. The highest BCUT2D eigenvalue weighted by atomic mass is 19.2. The zero-order valence-corrected chi connectivity index (χ0v) is 24.6. The Bertz CT molecular complexity index is 1110. The molecule has 0 unspecified atom stereocenters. The number of hydrogen-bond acceptors (Lipinski definition) is 10. The van der Waals surface area contributed by atoms with Crippen LogP contribution >= 0.6 is 0 Å². The number of aryl methyl sites for hydroxylation is 1. The van der Waals surface area contributed by atoms with E-state index in [0.717, 1.165) is 12.1 Å². The zero-order chi connectivity index (χ0) is 31.3. The molecular formula is C30H40F2O11. The lowest BCUT2D eigenvalue weighted by Gasteiger charge is -2.15. The lowest BCUT2D eigenvalue weighted by molar-refractivity contribution is -0.0199. The summed E-state index contributed by atoms with van der Waals surface area (Å²) in [4.78, 5) is 24.8. The molecule has 1 N–H and O–H groups in total. The number of benzene rings is 2. The first-order chi connectivity index (χ1) is 20.9. The molecule has 0 atom stereocenters. The maximum Gasteiger partial charge on any atom is 0.336 e. The third-order valence-corrected chi connectivity index (χ3v) is 5.79. The summed E-state index contributed by atoms with van der Waals surface area (Å²) in [5.74, 6) is -5.26. The maximum absolute atomic E-state index is 14.7. The lowest BCUT2D eigenvalue weighted by Crippen LogP contribution is -2.17. The van der Waals surface area contributed by atoms with Crippen LogP contribution in [0.3, 0.4) is 0 Å². The summed E-state index contributed by atoms with van der Waals surface area (Å²) in [6.45, 7) is 6.74. The Hall–Kier alpha value is -3.04. The van der Waals surface area contributed by atoms with E-state index in [1.165, 1.54) is 25.1 Å². The van der Waals surface area contributed by atoms with Gasteiger partial charge in [0.15, 0.2) is 11.6 Å². The Morgan fingerprint density at radius 3 is 1.58 bits per heavy atom. The number of carbonyl (C=O) groups excluding carboxylic acids is 1. The van der Waals surface area contributed by atoms with Gasteiger partial charge in [-0.2, -0.15) is 0 Å². The monoisotopic (exact) mass is 614 g/mol. The van der Waals surface area contributed by atoms with Gasteiger partial charge in [0.05, 0.1) is 91.5 Å². The molecule has 0 spiro atoms. The summed E-state index contributed by atoms with van der Waals surface area (Å²) in [6, 6.07) is 6.15. The van der Waals surface area contributed by atoms with Gasteiger partial charge in [-0.3, -0.25) is 4.79 Å². The van der Waals surface area contributed by atoms with Crippen molar-refractivity contribution in [3.05, 3.63) is 64.2 Å². The van der Waals surface area contributed by atoms with Crippen LogP contribution in [0.4, 0.5) is 8.78 Å². The van der Waals surface area contributed by atoms with Gasteiger partial charge in [0.2, 0.25) is 5.78 Å². The Kier molecular flexibility index (Phi) is 18.2. The van der Waals surface area contributed by atoms with Gasteiger partial charge in [0, 0.05) is 12.7 Å². The third-order valence-electron chi connectivity index (χ3n) is 5.79. The van der Waals surface area contributed by atoms with Crippen LogP contribution in [0.1, 0.15) is 31.8 Å². The van der Waals surface area contributed by atoms with E-state index in [2.05, 4.69) is 0 Å². The first kappa shape index (κ1) is 36.2. The Morgan fingerprint density at radius 1 is 0.651 bits per heavy atom. The molecule has 13 heteroatoms. The third kappa shape index (κ3) is 13.4. The van der Waals surface area contributed by atoms with Gasteiger partial charge in [-0.15, -0.1) is 0 Å². The first-order valence-corrected chi connectivity index (χ1v) is 13.8. The summed E-state index contributed by atoms with van der Waals surface area (Å²) < 4.78 is 71.4. The van der Waals surface area contributed by atoms with E-state index in [-0.39, 0.29) is 36.7 Å².